The fourth-order valence-corrected chi connectivity index (χ4v) is 1.20. The lowest BCUT2D eigenvalue weighted by Crippen LogP contribution is -2.24. The van der Waals surface area contributed by atoms with E-state index in [0.717, 1.165) is 31.7 Å². The van der Waals surface area contributed by atoms with Crippen LogP contribution in [-0.4, -0.2) is 18.1 Å². The Bertz CT molecular complexity index is 190. The summed E-state index contributed by atoms with van der Waals surface area (Å²) in [5.41, 5.74) is 0. The van der Waals surface area contributed by atoms with Crippen LogP contribution < -0.4 is 4.90 Å². The molecule has 0 saturated heterocycles. The van der Waals surface area contributed by atoms with E-state index < -0.39 is 0 Å². The monoisotopic (exact) mass is 167 g/mol. The van der Waals surface area contributed by atoms with E-state index in [4.69, 9.17) is 4.42 Å². The highest BCUT2D eigenvalue weighted by atomic mass is 16.3. The van der Waals surface area contributed by atoms with Crippen molar-refractivity contribution in [3.05, 3.63) is 12.7 Å². The van der Waals surface area contributed by atoms with Crippen LogP contribution in [0.2, 0.25) is 0 Å². The van der Waals surface area contributed by atoms with Crippen molar-refractivity contribution in [2.75, 3.05) is 18.0 Å². The second-order valence-corrected chi connectivity index (χ2v) is 2.78. The molecule has 0 aromatic carbocycles. The normalized spacial score (nSPS) is 10.2. The van der Waals surface area contributed by atoms with Crippen molar-refractivity contribution in [1.29, 1.82) is 0 Å². The van der Waals surface area contributed by atoms with Crippen molar-refractivity contribution >= 4 is 5.82 Å². The van der Waals surface area contributed by atoms with Gasteiger partial charge in [-0.05, 0) is 12.8 Å². The van der Waals surface area contributed by atoms with Gasteiger partial charge in [0.25, 0.3) is 6.39 Å². The maximum Gasteiger partial charge on any atom is 0.285 e. The lowest BCUT2D eigenvalue weighted by molar-refractivity contribution is 0.547. The molecule has 0 bridgehead atoms. The first-order valence-corrected chi connectivity index (χ1v) is 4.45. The maximum atomic E-state index is 4.81. The number of anilines is 1. The minimum absolute atomic E-state index is 0.902. The molecule has 3 heteroatoms. The first kappa shape index (κ1) is 9.10. The van der Waals surface area contributed by atoms with E-state index in [1.807, 2.05) is 0 Å². The van der Waals surface area contributed by atoms with Crippen LogP contribution >= 0.6 is 0 Å². The highest BCUT2D eigenvalue weighted by Crippen LogP contribution is 2.10. The predicted molar refractivity (Wildman–Crippen MR) is 48.1 cm³/mol. The largest absolute Gasteiger partial charge is 0.439 e. The molecule has 0 atom stereocenters. The number of nitrogens with zero attached hydrogens (tertiary/aromatic N) is 2. The predicted octanol–water partition coefficient (Wildman–Crippen LogP) is 2.10. The molecule has 67 valence electrons. The molecule has 1 heterocycles. The van der Waals surface area contributed by atoms with Gasteiger partial charge in [-0.1, -0.05) is 13.8 Å². The zero-order valence-corrected chi connectivity index (χ0v) is 7.71. The Morgan fingerprint density at radius 3 is 2.50 bits per heavy atom. The SMILES string of the molecule is CCCN(CCC)c1co[c]n1. The van der Waals surface area contributed by atoms with Crippen molar-refractivity contribution in [2.24, 2.45) is 0 Å². The molecule has 3 nitrogen and oxygen atoms in total. The molecule has 1 rings (SSSR count). The van der Waals surface area contributed by atoms with Gasteiger partial charge in [0.2, 0.25) is 0 Å². The average Bonchev–Trinajstić information content (AvgIpc) is 2.56. The van der Waals surface area contributed by atoms with Gasteiger partial charge >= 0.3 is 0 Å². The zero-order valence-electron chi connectivity index (χ0n) is 7.71. The summed E-state index contributed by atoms with van der Waals surface area (Å²) in [6.07, 6.45) is 6.37. The van der Waals surface area contributed by atoms with E-state index in [9.17, 15) is 0 Å². The van der Waals surface area contributed by atoms with Crippen molar-refractivity contribution in [1.82, 2.24) is 4.98 Å². The zero-order chi connectivity index (χ0) is 8.81. The summed E-state index contributed by atoms with van der Waals surface area (Å²) >= 11 is 0. The highest BCUT2D eigenvalue weighted by molar-refractivity contribution is 5.33. The van der Waals surface area contributed by atoms with Gasteiger partial charge < -0.3 is 9.32 Å². The molecule has 0 amide bonds. The molecule has 1 aromatic heterocycles. The standard InChI is InChI=1S/C9H15N2O/c1-3-5-11(6-4-2)9-7-12-8-10-9/h7H,3-6H2,1-2H3. The summed E-state index contributed by atoms with van der Waals surface area (Å²) in [6.45, 7) is 6.39. The summed E-state index contributed by atoms with van der Waals surface area (Å²) < 4.78 is 4.81. The second kappa shape index (κ2) is 4.80. The van der Waals surface area contributed by atoms with Gasteiger partial charge in [0.15, 0.2) is 5.82 Å². The van der Waals surface area contributed by atoms with Crippen molar-refractivity contribution in [3.63, 3.8) is 0 Å². The molecule has 12 heavy (non-hydrogen) atoms. The molecule has 1 aromatic rings. The minimum atomic E-state index is 0.902. The third kappa shape index (κ3) is 2.26. The molecule has 0 N–H and O–H groups in total. The Kier molecular flexibility index (Phi) is 3.64. The van der Waals surface area contributed by atoms with Crippen molar-refractivity contribution < 1.29 is 4.42 Å². The summed E-state index contributed by atoms with van der Waals surface area (Å²) in [6, 6.07) is 0. The van der Waals surface area contributed by atoms with Crippen LogP contribution in [0.4, 0.5) is 5.82 Å². The first-order valence-electron chi connectivity index (χ1n) is 4.45. The fourth-order valence-electron chi connectivity index (χ4n) is 1.20. The Morgan fingerprint density at radius 1 is 1.42 bits per heavy atom. The molecule has 0 aliphatic heterocycles. The molecule has 0 aliphatic rings. The van der Waals surface area contributed by atoms with Crippen LogP contribution in [0.25, 0.3) is 0 Å². The van der Waals surface area contributed by atoms with Crippen LogP contribution in [0, 0.1) is 6.39 Å². The van der Waals surface area contributed by atoms with Gasteiger partial charge in [0, 0.05) is 13.1 Å². The van der Waals surface area contributed by atoms with Gasteiger partial charge in [0.1, 0.15) is 6.26 Å². The smallest absolute Gasteiger partial charge is 0.285 e. The average molecular weight is 167 g/mol. The Hall–Kier alpha value is -0.990. The highest BCUT2D eigenvalue weighted by Gasteiger charge is 2.06. The van der Waals surface area contributed by atoms with E-state index in [2.05, 4.69) is 30.1 Å². The first-order chi connectivity index (χ1) is 5.88. The van der Waals surface area contributed by atoms with Crippen LogP contribution in [0.1, 0.15) is 26.7 Å². The Morgan fingerprint density at radius 2 is 2.08 bits per heavy atom. The van der Waals surface area contributed by atoms with E-state index in [1.54, 1.807) is 6.26 Å². The number of rotatable bonds is 5. The van der Waals surface area contributed by atoms with E-state index in [-0.39, 0.29) is 0 Å². The van der Waals surface area contributed by atoms with Gasteiger partial charge in [-0.2, -0.15) is 4.98 Å². The van der Waals surface area contributed by atoms with E-state index >= 15 is 0 Å². The molecule has 1 radical (unpaired) electrons. The Balaban J connectivity index is 2.53. The quantitative estimate of drug-likeness (QED) is 0.672. The lowest BCUT2D eigenvalue weighted by atomic mass is 10.3. The number of hydrogen-bond acceptors (Lipinski definition) is 3. The third-order valence-corrected chi connectivity index (χ3v) is 1.69. The third-order valence-electron chi connectivity index (χ3n) is 1.69. The summed E-state index contributed by atoms with van der Waals surface area (Å²) in [7, 11) is 0. The van der Waals surface area contributed by atoms with Gasteiger partial charge in [-0.15, -0.1) is 0 Å². The van der Waals surface area contributed by atoms with Crippen molar-refractivity contribution in [3.8, 4) is 0 Å². The van der Waals surface area contributed by atoms with Gasteiger partial charge in [0.05, 0.1) is 0 Å². The van der Waals surface area contributed by atoms with Gasteiger partial charge in [-0.3, -0.25) is 0 Å². The topological polar surface area (TPSA) is 29.3 Å². The second-order valence-electron chi connectivity index (χ2n) is 2.78. The Labute approximate surface area is 73.4 Å². The fraction of sp³-hybridized carbons (Fsp3) is 0.667. The molecule has 0 fully saturated rings. The molecule has 0 aliphatic carbocycles. The van der Waals surface area contributed by atoms with E-state index in [0.29, 0.717) is 0 Å². The lowest BCUT2D eigenvalue weighted by Gasteiger charge is -2.19. The van der Waals surface area contributed by atoms with Crippen LogP contribution in [0.15, 0.2) is 10.7 Å². The maximum absolute atomic E-state index is 4.81. The molecular weight excluding hydrogens is 152 g/mol. The molecular formula is C9H15N2O. The van der Waals surface area contributed by atoms with Crippen LogP contribution in [0.5, 0.6) is 0 Å². The summed E-state index contributed by atoms with van der Waals surface area (Å²) in [5, 5.41) is 0. The summed E-state index contributed by atoms with van der Waals surface area (Å²) in [5.74, 6) is 0.902. The molecule has 0 saturated carbocycles. The van der Waals surface area contributed by atoms with Crippen LogP contribution in [0.3, 0.4) is 0 Å². The van der Waals surface area contributed by atoms with Gasteiger partial charge in [-0.25, -0.2) is 0 Å². The van der Waals surface area contributed by atoms with E-state index in [1.165, 1.54) is 0 Å². The molecule has 0 unspecified atom stereocenters. The number of aromatic nitrogens is 1. The number of hydrogen-bond donors (Lipinski definition) is 0. The minimum Gasteiger partial charge on any atom is -0.439 e. The summed E-state index contributed by atoms with van der Waals surface area (Å²) in [4.78, 5) is 6.20. The number of oxazole rings is 1. The van der Waals surface area contributed by atoms with Crippen molar-refractivity contribution in [2.45, 2.75) is 26.7 Å². The van der Waals surface area contributed by atoms with Crippen LogP contribution in [-0.2, 0) is 0 Å². The molecule has 0 spiro atoms.